The fourth-order valence-corrected chi connectivity index (χ4v) is 2.88. The van der Waals surface area contributed by atoms with Crippen molar-refractivity contribution < 1.29 is 9.59 Å². The topological polar surface area (TPSA) is 67.2 Å². The standard InChI is InChI=1S/C16H15BrN4O2/c1-2-15(22)19-12-5-3-11(4-6-12)16(23)20-7-8-21-14(10-20)13(17)9-18-21/h2-6,9H,1,7-8,10H2,(H,19,22). The molecule has 23 heavy (non-hydrogen) atoms. The van der Waals surface area contributed by atoms with E-state index in [-0.39, 0.29) is 11.8 Å². The first-order valence-electron chi connectivity index (χ1n) is 7.11. The predicted octanol–water partition coefficient (Wildman–Crippen LogP) is 2.43. The van der Waals surface area contributed by atoms with Crippen LogP contribution in [0.2, 0.25) is 0 Å². The van der Waals surface area contributed by atoms with E-state index in [1.54, 1.807) is 35.4 Å². The minimum Gasteiger partial charge on any atom is -0.331 e. The van der Waals surface area contributed by atoms with Gasteiger partial charge < -0.3 is 10.2 Å². The van der Waals surface area contributed by atoms with Gasteiger partial charge in [-0.1, -0.05) is 6.58 Å². The van der Waals surface area contributed by atoms with Gasteiger partial charge in [-0.25, -0.2) is 0 Å². The minimum absolute atomic E-state index is 0.0362. The molecule has 0 bridgehead atoms. The number of nitrogens with one attached hydrogen (secondary N) is 1. The second kappa shape index (κ2) is 6.37. The Labute approximate surface area is 141 Å². The molecule has 1 aromatic carbocycles. The number of carbonyl (C=O) groups is 2. The van der Waals surface area contributed by atoms with Gasteiger partial charge in [0.25, 0.3) is 5.91 Å². The fraction of sp³-hybridized carbons (Fsp3) is 0.188. The first kappa shape index (κ1) is 15.5. The summed E-state index contributed by atoms with van der Waals surface area (Å²) in [4.78, 5) is 25.7. The number of amides is 2. The van der Waals surface area contributed by atoms with Crippen molar-refractivity contribution in [3.63, 3.8) is 0 Å². The molecule has 1 N–H and O–H groups in total. The number of carbonyl (C=O) groups excluding carboxylic acids is 2. The Morgan fingerprint density at radius 1 is 1.26 bits per heavy atom. The monoisotopic (exact) mass is 374 g/mol. The summed E-state index contributed by atoms with van der Waals surface area (Å²) in [5, 5.41) is 6.91. The zero-order valence-corrected chi connectivity index (χ0v) is 13.9. The van der Waals surface area contributed by atoms with Crippen LogP contribution in [-0.2, 0) is 17.9 Å². The van der Waals surface area contributed by atoms with Gasteiger partial charge in [-0.15, -0.1) is 0 Å². The molecule has 1 aliphatic heterocycles. The number of fused-ring (bicyclic) bond motifs is 1. The van der Waals surface area contributed by atoms with Crippen molar-refractivity contribution in [2.75, 3.05) is 11.9 Å². The molecule has 3 rings (SSSR count). The van der Waals surface area contributed by atoms with Gasteiger partial charge in [-0.3, -0.25) is 14.3 Å². The van der Waals surface area contributed by atoms with Crippen LogP contribution in [0, 0.1) is 0 Å². The highest BCUT2D eigenvalue weighted by Crippen LogP contribution is 2.22. The molecule has 7 heteroatoms. The summed E-state index contributed by atoms with van der Waals surface area (Å²) in [6, 6.07) is 6.83. The Bertz CT molecular complexity index is 767. The molecule has 2 aromatic rings. The zero-order valence-electron chi connectivity index (χ0n) is 12.3. The molecule has 0 fully saturated rings. The van der Waals surface area contributed by atoms with Crippen molar-refractivity contribution in [1.82, 2.24) is 14.7 Å². The Hall–Kier alpha value is -2.41. The molecule has 118 valence electrons. The third-order valence-electron chi connectivity index (χ3n) is 3.69. The second-order valence-corrected chi connectivity index (χ2v) is 6.01. The largest absolute Gasteiger partial charge is 0.331 e. The van der Waals surface area contributed by atoms with Crippen LogP contribution in [0.25, 0.3) is 0 Å². The maximum absolute atomic E-state index is 12.6. The number of aromatic nitrogens is 2. The highest BCUT2D eigenvalue weighted by atomic mass is 79.9. The normalized spacial score (nSPS) is 13.3. The van der Waals surface area contributed by atoms with Gasteiger partial charge >= 0.3 is 0 Å². The molecule has 0 saturated carbocycles. The first-order chi connectivity index (χ1) is 11.1. The SMILES string of the molecule is C=CC(=O)Nc1ccc(C(=O)N2CCn3ncc(Br)c3C2)cc1. The zero-order chi connectivity index (χ0) is 16.4. The average Bonchev–Trinajstić information content (AvgIpc) is 2.95. The number of hydrogen-bond donors (Lipinski definition) is 1. The maximum Gasteiger partial charge on any atom is 0.254 e. The summed E-state index contributed by atoms with van der Waals surface area (Å²) in [5.74, 6) is -0.316. The number of anilines is 1. The van der Waals surface area contributed by atoms with Crippen LogP contribution in [0.4, 0.5) is 5.69 Å². The molecule has 0 saturated heterocycles. The van der Waals surface area contributed by atoms with Crippen LogP contribution >= 0.6 is 15.9 Å². The quantitative estimate of drug-likeness (QED) is 0.838. The van der Waals surface area contributed by atoms with Crippen LogP contribution in [-0.4, -0.2) is 33.0 Å². The lowest BCUT2D eigenvalue weighted by molar-refractivity contribution is -0.111. The van der Waals surface area contributed by atoms with Crippen LogP contribution in [0.5, 0.6) is 0 Å². The van der Waals surface area contributed by atoms with E-state index >= 15 is 0 Å². The minimum atomic E-state index is -0.279. The number of rotatable bonds is 3. The van der Waals surface area contributed by atoms with Crippen LogP contribution in [0.1, 0.15) is 16.1 Å². The van der Waals surface area contributed by atoms with Crippen molar-refractivity contribution in [1.29, 1.82) is 0 Å². The number of hydrogen-bond acceptors (Lipinski definition) is 3. The molecule has 0 aliphatic carbocycles. The van der Waals surface area contributed by atoms with Gasteiger partial charge in [0.05, 0.1) is 29.5 Å². The third-order valence-corrected chi connectivity index (χ3v) is 4.35. The molecular weight excluding hydrogens is 360 g/mol. The Morgan fingerprint density at radius 3 is 2.70 bits per heavy atom. The Kier molecular flexibility index (Phi) is 4.29. The van der Waals surface area contributed by atoms with Crippen LogP contribution in [0.3, 0.4) is 0 Å². The van der Waals surface area contributed by atoms with Crippen LogP contribution in [0.15, 0.2) is 47.6 Å². The number of nitrogens with zero attached hydrogens (tertiary/aromatic N) is 3. The molecule has 1 aliphatic rings. The number of halogens is 1. The van der Waals surface area contributed by atoms with E-state index in [0.717, 1.165) is 10.2 Å². The van der Waals surface area contributed by atoms with Crippen molar-refractivity contribution in [3.05, 3.63) is 58.8 Å². The molecule has 0 atom stereocenters. The van der Waals surface area contributed by atoms with Gasteiger partial charge in [0.15, 0.2) is 0 Å². The molecule has 0 radical (unpaired) electrons. The summed E-state index contributed by atoms with van der Waals surface area (Å²) in [6.45, 7) is 5.22. The summed E-state index contributed by atoms with van der Waals surface area (Å²) in [6.07, 6.45) is 2.95. The first-order valence-corrected chi connectivity index (χ1v) is 7.90. The summed E-state index contributed by atoms with van der Waals surface area (Å²) < 4.78 is 2.82. The third kappa shape index (κ3) is 3.19. The van der Waals surface area contributed by atoms with Gasteiger partial charge in [0.1, 0.15) is 0 Å². The van der Waals surface area contributed by atoms with E-state index in [1.165, 1.54) is 6.08 Å². The second-order valence-electron chi connectivity index (χ2n) is 5.16. The Balaban J connectivity index is 1.72. The highest BCUT2D eigenvalue weighted by molar-refractivity contribution is 9.10. The number of benzene rings is 1. The van der Waals surface area contributed by atoms with Crippen molar-refractivity contribution in [3.8, 4) is 0 Å². The summed E-state index contributed by atoms with van der Waals surface area (Å²) >= 11 is 3.45. The fourth-order valence-electron chi connectivity index (χ4n) is 2.46. The van der Waals surface area contributed by atoms with E-state index in [0.29, 0.717) is 30.9 Å². The highest BCUT2D eigenvalue weighted by Gasteiger charge is 2.24. The van der Waals surface area contributed by atoms with Gasteiger partial charge in [0.2, 0.25) is 5.91 Å². The molecule has 1 aromatic heterocycles. The van der Waals surface area contributed by atoms with Gasteiger partial charge in [-0.2, -0.15) is 5.10 Å². The average molecular weight is 375 g/mol. The molecule has 2 heterocycles. The van der Waals surface area contributed by atoms with Crippen molar-refractivity contribution in [2.45, 2.75) is 13.1 Å². The molecule has 2 amide bonds. The lowest BCUT2D eigenvalue weighted by Crippen LogP contribution is -2.38. The smallest absolute Gasteiger partial charge is 0.254 e. The molecule has 0 spiro atoms. The van der Waals surface area contributed by atoms with E-state index in [2.05, 4.69) is 32.9 Å². The van der Waals surface area contributed by atoms with E-state index < -0.39 is 0 Å². The van der Waals surface area contributed by atoms with Gasteiger partial charge in [-0.05, 0) is 46.3 Å². The van der Waals surface area contributed by atoms with E-state index in [9.17, 15) is 9.59 Å². The molecule has 6 nitrogen and oxygen atoms in total. The lowest BCUT2D eigenvalue weighted by atomic mass is 10.1. The molecular formula is C16H15BrN4O2. The predicted molar refractivity (Wildman–Crippen MR) is 89.9 cm³/mol. The van der Waals surface area contributed by atoms with Crippen molar-refractivity contribution in [2.24, 2.45) is 0 Å². The molecule has 0 unspecified atom stereocenters. The summed E-state index contributed by atoms with van der Waals surface area (Å²) in [7, 11) is 0. The van der Waals surface area contributed by atoms with E-state index in [1.807, 2.05) is 4.68 Å². The van der Waals surface area contributed by atoms with Crippen molar-refractivity contribution >= 4 is 33.4 Å². The van der Waals surface area contributed by atoms with Gasteiger partial charge in [0, 0.05) is 17.8 Å². The Morgan fingerprint density at radius 2 is 2.00 bits per heavy atom. The lowest BCUT2D eigenvalue weighted by Gasteiger charge is -2.28. The van der Waals surface area contributed by atoms with Crippen LogP contribution < -0.4 is 5.32 Å². The van der Waals surface area contributed by atoms with E-state index in [4.69, 9.17) is 0 Å². The summed E-state index contributed by atoms with van der Waals surface area (Å²) in [5.41, 5.74) is 2.22. The maximum atomic E-state index is 12.6.